The Kier molecular flexibility index (Phi) is 3.58. The summed E-state index contributed by atoms with van der Waals surface area (Å²) in [5, 5.41) is 0. The van der Waals surface area contributed by atoms with Crippen LogP contribution in [0.3, 0.4) is 0 Å². The second-order valence-corrected chi connectivity index (χ2v) is 4.94. The number of primary amides is 1. The minimum atomic E-state index is -0.344. The molecule has 88 valence electrons. The van der Waals surface area contributed by atoms with Crippen LogP contribution in [0.2, 0.25) is 0 Å². The molecule has 0 aliphatic carbocycles. The quantitative estimate of drug-likeness (QED) is 0.851. The van der Waals surface area contributed by atoms with E-state index in [0.717, 1.165) is 5.56 Å². The monoisotopic (exact) mass is 221 g/mol. The fourth-order valence-corrected chi connectivity index (χ4v) is 1.95. The van der Waals surface area contributed by atoms with Crippen LogP contribution in [0.5, 0.6) is 5.75 Å². The number of rotatable bonds is 3. The molecule has 0 bridgehead atoms. The Morgan fingerprint density at radius 3 is 2.31 bits per heavy atom. The highest BCUT2D eigenvalue weighted by Gasteiger charge is 2.33. The maximum atomic E-state index is 11.6. The summed E-state index contributed by atoms with van der Waals surface area (Å²) in [7, 11) is 1.60. The summed E-state index contributed by atoms with van der Waals surface area (Å²) in [6, 6.07) is 7.50. The van der Waals surface area contributed by atoms with Gasteiger partial charge in [-0.25, -0.2) is 0 Å². The standard InChI is InChI=1S/C13H19NO2/c1-13(2,3)11(12(14)15)9-7-5-6-8-10(9)16-4/h5-8,11H,1-4H3,(H2,14,15)/t11-/m1/s1. The van der Waals surface area contributed by atoms with Gasteiger partial charge < -0.3 is 10.5 Å². The van der Waals surface area contributed by atoms with Gasteiger partial charge in [0.1, 0.15) is 5.75 Å². The molecule has 0 saturated heterocycles. The Balaban J connectivity index is 3.27. The minimum Gasteiger partial charge on any atom is -0.496 e. The summed E-state index contributed by atoms with van der Waals surface area (Å²) in [6.45, 7) is 5.98. The van der Waals surface area contributed by atoms with Gasteiger partial charge in [-0.15, -0.1) is 0 Å². The van der Waals surface area contributed by atoms with E-state index in [1.807, 2.05) is 45.0 Å². The van der Waals surface area contributed by atoms with Gasteiger partial charge in [0.05, 0.1) is 13.0 Å². The maximum Gasteiger partial charge on any atom is 0.225 e. The first kappa shape index (κ1) is 12.6. The van der Waals surface area contributed by atoms with Gasteiger partial charge in [0.25, 0.3) is 0 Å². The van der Waals surface area contributed by atoms with Crippen LogP contribution in [0.1, 0.15) is 32.3 Å². The molecule has 0 saturated carbocycles. The van der Waals surface area contributed by atoms with Crippen molar-refractivity contribution >= 4 is 5.91 Å². The summed E-state index contributed by atoms with van der Waals surface area (Å²) in [4.78, 5) is 11.6. The molecule has 0 unspecified atom stereocenters. The molecule has 0 heterocycles. The van der Waals surface area contributed by atoms with E-state index in [4.69, 9.17) is 10.5 Å². The fraction of sp³-hybridized carbons (Fsp3) is 0.462. The second kappa shape index (κ2) is 4.56. The molecule has 3 heteroatoms. The number of carbonyl (C=O) groups excluding carboxylic acids is 1. The molecule has 0 fully saturated rings. The topological polar surface area (TPSA) is 52.3 Å². The molecule has 1 atom stereocenters. The molecule has 0 radical (unpaired) electrons. The largest absolute Gasteiger partial charge is 0.496 e. The van der Waals surface area contributed by atoms with Gasteiger partial charge in [0, 0.05) is 5.56 Å². The molecule has 0 spiro atoms. The van der Waals surface area contributed by atoms with Gasteiger partial charge in [-0.1, -0.05) is 39.0 Å². The van der Waals surface area contributed by atoms with Crippen LogP contribution in [0.25, 0.3) is 0 Å². The highest BCUT2D eigenvalue weighted by Crippen LogP contribution is 2.38. The number of para-hydroxylation sites is 1. The molecular weight excluding hydrogens is 202 g/mol. The first-order valence-corrected chi connectivity index (χ1v) is 5.30. The lowest BCUT2D eigenvalue weighted by atomic mass is 9.76. The molecule has 0 aliphatic heterocycles. The van der Waals surface area contributed by atoms with Crippen LogP contribution in [0.15, 0.2) is 24.3 Å². The zero-order valence-corrected chi connectivity index (χ0v) is 10.3. The Hall–Kier alpha value is -1.51. The van der Waals surface area contributed by atoms with Crippen molar-refractivity contribution < 1.29 is 9.53 Å². The Morgan fingerprint density at radius 2 is 1.88 bits per heavy atom. The third-order valence-electron chi connectivity index (χ3n) is 2.60. The number of amides is 1. The van der Waals surface area contributed by atoms with Gasteiger partial charge >= 0.3 is 0 Å². The van der Waals surface area contributed by atoms with E-state index in [9.17, 15) is 4.79 Å². The Bertz CT molecular complexity index is 380. The maximum absolute atomic E-state index is 11.6. The van der Waals surface area contributed by atoms with Crippen molar-refractivity contribution in [2.24, 2.45) is 11.1 Å². The van der Waals surface area contributed by atoms with E-state index in [1.54, 1.807) is 7.11 Å². The van der Waals surface area contributed by atoms with E-state index in [-0.39, 0.29) is 17.2 Å². The number of ether oxygens (including phenoxy) is 1. The Labute approximate surface area is 96.6 Å². The van der Waals surface area contributed by atoms with Crippen LogP contribution >= 0.6 is 0 Å². The van der Waals surface area contributed by atoms with Crippen molar-refractivity contribution in [3.63, 3.8) is 0 Å². The number of hydrogen-bond acceptors (Lipinski definition) is 2. The summed E-state index contributed by atoms with van der Waals surface area (Å²) < 4.78 is 5.26. The van der Waals surface area contributed by atoms with Crippen molar-refractivity contribution in [3.05, 3.63) is 29.8 Å². The third-order valence-corrected chi connectivity index (χ3v) is 2.60. The summed E-state index contributed by atoms with van der Waals surface area (Å²) in [6.07, 6.45) is 0. The van der Waals surface area contributed by atoms with Crippen molar-refractivity contribution in [1.29, 1.82) is 0 Å². The zero-order valence-electron chi connectivity index (χ0n) is 10.3. The lowest BCUT2D eigenvalue weighted by Crippen LogP contribution is -2.32. The molecule has 1 aromatic carbocycles. The number of carbonyl (C=O) groups is 1. The summed E-state index contributed by atoms with van der Waals surface area (Å²) in [5.74, 6) is 0.0434. The van der Waals surface area contributed by atoms with Gasteiger partial charge in [-0.05, 0) is 11.5 Å². The fourth-order valence-electron chi connectivity index (χ4n) is 1.95. The minimum absolute atomic E-state index is 0.222. The summed E-state index contributed by atoms with van der Waals surface area (Å²) in [5.41, 5.74) is 6.11. The van der Waals surface area contributed by atoms with Crippen LogP contribution in [0.4, 0.5) is 0 Å². The predicted molar refractivity (Wildman–Crippen MR) is 64.4 cm³/mol. The SMILES string of the molecule is COc1ccccc1[C@H](C(N)=O)C(C)(C)C. The van der Waals surface area contributed by atoms with Gasteiger partial charge in [0.2, 0.25) is 5.91 Å². The van der Waals surface area contributed by atoms with Crippen molar-refractivity contribution in [2.75, 3.05) is 7.11 Å². The van der Waals surface area contributed by atoms with Crippen LogP contribution in [-0.2, 0) is 4.79 Å². The zero-order chi connectivity index (χ0) is 12.3. The molecule has 1 rings (SSSR count). The molecular formula is C13H19NO2. The lowest BCUT2D eigenvalue weighted by Gasteiger charge is -2.29. The van der Waals surface area contributed by atoms with Crippen LogP contribution in [0, 0.1) is 5.41 Å². The average molecular weight is 221 g/mol. The van der Waals surface area contributed by atoms with Gasteiger partial charge in [0.15, 0.2) is 0 Å². The van der Waals surface area contributed by atoms with Crippen LogP contribution < -0.4 is 10.5 Å². The van der Waals surface area contributed by atoms with Crippen LogP contribution in [-0.4, -0.2) is 13.0 Å². The van der Waals surface area contributed by atoms with Crippen molar-refractivity contribution in [1.82, 2.24) is 0 Å². The van der Waals surface area contributed by atoms with E-state index in [0.29, 0.717) is 5.75 Å². The van der Waals surface area contributed by atoms with Gasteiger partial charge in [-0.2, -0.15) is 0 Å². The normalized spacial score (nSPS) is 13.2. The molecule has 0 aromatic heterocycles. The summed E-state index contributed by atoms with van der Waals surface area (Å²) >= 11 is 0. The van der Waals surface area contributed by atoms with E-state index >= 15 is 0 Å². The first-order valence-electron chi connectivity index (χ1n) is 5.30. The number of nitrogens with two attached hydrogens (primary N) is 1. The Morgan fingerprint density at radius 1 is 1.31 bits per heavy atom. The number of methoxy groups -OCH3 is 1. The smallest absolute Gasteiger partial charge is 0.225 e. The predicted octanol–water partition coefficient (Wildman–Crippen LogP) is 2.31. The highest BCUT2D eigenvalue weighted by molar-refractivity contribution is 5.83. The second-order valence-electron chi connectivity index (χ2n) is 4.94. The highest BCUT2D eigenvalue weighted by atomic mass is 16.5. The molecule has 16 heavy (non-hydrogen) atoms. The van der Waals surface area contributed by atoms with Crippen molar-refractivity contribution in [3.8, 4) is 5.75 Å². The molecule has 3 nitrogen and oxygen atoms in total. The van der Waals surface area contributed by atoms with E-state index < -0.39 is 0 Å². The number of benzene rings is 1. The lowest BCUT2D eigenvalue weighted by molar-refractivity contribution is -0.121. The van der Waals surface area contributed by atoms with Gasteiger partial charge in [-0.3, -0.25) is 4.79 Å². The molecule has 1 amide bonds. The number of hydrogen-bond donors (Lipinski definition) is 1. The first-order chi connectivity index (χ1) is 7.38. The van der Waals surface area contributed by atoms with Crippen molar-refractivity contribution in [2.45, 2.75) is 26.7 Å². The molecule has 1 aromatic rings. The molecule has 2 N–H and O–H groups in total. The average Bonchev–Trinajstić information content (AvgIpc) is 2.15. The third kappa shape index (κ3) is 2.54. The van der Waals surface area contributed by atoms with E-state index in [1.165, 1.54) is 0 Å². The molecule has 0 aliphatic rings. The van der Waals surface area contributed by atoms with E-state index in [2.05, 4.69) is 0 Å².